The molecule has 0 radical (unpaired) electrons. The number of carbonyl (C=O) groups is 1. The summed E-state index contributed by atoms with van der Waals surface area (Å²) in [6.07, 6.45) is -10.3. The predicted octanol–water partition coefficient (Wildman–Crippen LogP) is 3.13. The summed E-state index contributed by atoms with van der Waals surface area (Å²) in [6, 6.07) is -0.309. The minimum Gasteiger partial charge on any atom is -0.478 e. The summed E-state index contributed by atoms with van der Waals surface area (Å²) < 4.78 is 74.4. The maximum atomic E-state index is 12.5. The molecule has 1 heterocycles. The standard InChI is InChI=1S/C9H5F6NO2/c1-3-6(7(17)18)4(8(10,11)12)2-5(16-3)9(13,14)15/h2H,1H3,(H,17,18). The van der Waals surface area contributed by atoms with Gasteiger partial charge in [0.15, 0.2) is 0 Å². The van der Waals surface area contributed by atoms with Gasteiger partial charge in [-0.15, -0.1) is 0 Å². The van der Waals surface area contributed by atoms with Crippen LogP contribution < -0.4 is 0 Å². The number of aryl methyl sites for hydroxylation is 1. The molecule has 0 aliphatic carbocycles. The fraction of sp³-hybridized carbons (Fsp3) is 0.333. The first kappa shape index (κ1) is 14.3. The monoisotopic (exact) mass is 273 g/mol. The molecule has 0 saturated carbocycles. The van der Waals surface area contributed by atoms with Gasteiger partial charge in [0.1, 0.15) is 5.69 Å². The molecule has 1 aromatic rings. The summed E-state index contributed by atoms with van der Waals surface area (Å²) in [7, 11) is 0. The molecule has 100 valence electrons. The van der Waals surface area contributed by atoms with Crippen LogP contribution in [0.25, 0.3) is 0 Å². The predicted molar refractivity (Wildman–Crippen MR) is 45.9 cm³/mol. The summed E-state index contributed by atoms with van der Waals surface area (Å²) in [6.45, 7) is 0.772. The Bertz CT molecular complexity index is 491. The van der Waals surface area contributed by atoms with Gasteiger partial charge < -0.3 is 5.11 Å². The number of aromatic carboxylic acids is 1. The first-order chi connectivity index (χ1) is 7.94. The first-order valence-corrected chi connectivity index (χ1v) is 4.34. The lowest BCUT2D eigenvalue weighted by atomic mass is 10.0. The summed E-state index contributed by atoms with van der Waals surface area (Å²) in [5.74, 6) is -1.99. The Labute approximate surface area is 96.1 Å². The van der Waals surface area contributed by atoms with Gasteiger partial charge in [-0.2, -0.15) is 26.3 Å². The normalized spacial score (nSPS) is 12.6. The Kier molecular flexibility index (Phi) is 3.28. The van der Waals surface area contributed by atoms with E-state index in [2.05, 4.69) is 4.98 Å². The molecular weight excluding hydrogens is 268 g/mol. The molecular formula is C9H5F6NO2. The third-order valence-electron chi connectivity index (χ3n) is 2.01. The molecule has 0 fully saturated rings. The van der Waals surface area contributed by atoms with Crippen molar-refractivity contribution in [3.8, 4) is 0 Å². The van der Waals surface area contributed by atoms with E-state index in [0.717, 1.165) is 6.92 Å². The summed E-state index contributed by atoms with van der Waals surface area (Å²) in [4.78, 5) is 13.5. The molecule has 18 heavy (non-hydrogen) atoms. The lowest BCUT2D eigenvalue weighted by Crippen LogP contribution is -2.19. The van der Waals surface area contributed by atoms with Gasteiger partial charge in [0.2, 0.25) is 0 Å². The number of carboxylic acids is 1. The van der Waals surface area contributed by atoms with Crippen LogP contribution in [-0.2, 0) is 12.4 Å². The van der Waals surface area contributed by atoms with E-state index in [1.54, 1.807) is 0 Å². The van der Waals surface area contributed by atoms with Crippen LogP contribution in [0.4, 0.5) is 26.3 Å². The Morgan fingerprint density at radius 1 is 1.17 bits per heavy atom. The number of carboxylic acid groups (broad SMARTS) is 1. The van der Waals surface area contributed by atoms with E-state index in [4.69, 9.17) is 5.11 Å². The van der Waals surface area contributed by atoms with Crippen molar-refractivity contribution in [2.45, 2.75) is 19.3 Å². The zero-order valence-corrected chi connectivity index (χ0v) is 8.65. The molecule has 0 unspecified atom stereocenters. The average molecular weight is 273 g/mol. The number of aromatic nitrogens is 1. The summed E-state index contributed by atoms with van der Waals surface area (Å²) >= 11 is 0. The van der Waals surface area contributed by atoms with Gasteiger partial charge in [0.25, 0.3) is 0 Å². The topological polar surface area (TPSA) is 50.2 Å². The van der Waals surface area contributed by atoms with Crippen molar-refractivity contribution in [1.29, 1.82) is 0 Å². The molecule has 3 nitrogen and oxygen atoms in total. The Balaban J connectivity index is 3.64. The van der Waals surface area contributed by atoms with Crippen LogP contribution >= 0.6 is 0 Å². The highest BCUT2D eigenvalue weighted by molar-refractivity contribution is 5.90. The highest BCUT2D eigenvalue weighted by atomic mass is 19.4. The van der Waals surface area contributed by atoms with Gasteiger partial charge in [-0.1, -0.05) is 0 Å². The lowest BCUT2D eigenvalue weighted by Gasteiger charge is -2.15. The smallest absolute Gasteiger partial charge is 0.433 e. The van der Waals surface area contributed by atoms with Crippen molar-refractivity contribution in [1.82, 2.24) is 4.98 Å². The van der Waals surface area contributed by atoms with Gasteiger partial charge in [-0.25, -0.2) is 9.78 Å². The maximum absolute atomic E-state index is 12.5. The summed E-state index contributed by atoms with van der Waals surface area (Å²) in [5.41, 5.74) is -5.77. The molecule has 9 heteroatoms. The molecule has 1 rings (SSSR count). The highest BCUT2D eigenvalue weighted by Gasteiger charge is 2.41. The quantitative estimate of drug-likeness (QED) is 0.800. The molecule has 0 aliphatic heterocycles. The number of rotatable bonds is 1. The van der Waals surface area contributed by atoms with E-state index in [9.17, 15) is 31.1 Å². The summed E-state index contributed by atoms with van der Waals surface area (Å²) in [5, 5.41) is 8.58. The van der Waals surface area contributed by atoms with Crippen molar-refractivity contribution >= 4 is 5.97 Å². The third kappa shape index (κ3) is 2.71. The first-order valence-electron chi connectivity index (χ1n) is 4.34. The molecule has 0 bridgehead atoms. The Morgan fingerprint density at radius 3 is 2.00 bits per heavy atom. The lowest BCUT2D eigenvalue weighted by molar-refractivity contribution is -0.146. The third-order valence-corrected chi connectivity index (χ3v) is 2.01. The van der Waals surface area contributed by atoms with Crippen molar-refractivity contribution in [2.75, 3.05) is 0 Å². The molecule has 0 aromatic carbocycles. The van der Waals surface area contributed by atoms with Crippen LogP contribution in [0.2, 0.25) is 0 Å². The van der Waals surface area contributed by atoms with E-state index in [1.807, 2.05) is 0 Å². The van der Waals surface area contributed by atoms with E-state index in [-0.39, 0.29) is 6.07 Å². The second kappa shape index (κ2) is 4.14. The zero-order valence-electron chi connectivity index (χ0n) is 8.65. The van der Waals surface area contributed by atoms with Gasteiger partial charge in [-0.05, 0) is 13.0 Å². The van der Waals surface area contributed by atoms with Crippen molar-refractivity contribution in [3.63, 3.8) is 0 Å². The van der Waals surface area contributed by atoms with Crippen molar-refractivity contribution < 1.29 is 36.2 Å². The molecule has 0 aliphatic rings. The zero-order chi connectivity index (χ0) is 14.3. The molecule has 0 amide bonds. The Morgan fingerprint density at radius 2 is 1.67 bits per heavy atom. The average Bonchev–Trinajstić information content (AvgIpc) is 2.12. The fourth-order valence-corrected chi connectivity index (χ4v) is 1.31. The fourth-order valence-electron chi connectivity index (χ4n) is 1.31. The van der Waals surface area contributed by atoms with Crippen molar-refractivity contribution in [2.24, 2.45) is 0 Å². The van der Waals surface area contributed by atoms with Gasteiger partial charge >= 0.3 is 18.3 Å². The highest BCUT2D eigenvalue weighted by Crippen LogP contribution is 2.37. The van der Waals surface area contributed by atoms with Gasteiger partial charge in [0, 0.05) is 0 Å². The van der Waals surface area contributed by atoms with Gasteiger partial charge in [0.05, 0.1) is 16.8 Å². The van der Waals surface area contributed by atoms with E-state index >= 15 is 0 Å². The van der Waals surface area contributed by atoms with Gasteiger partial charge in [-0.3, -0.25) is 0 Å². The van der Waals surface area contributed by atoms with Crippen LogP contribution in [-0.4, -0.2) is 16.1 Å². The van der Waals surface area contributed by atoms with Crippen LogP contribution in [0.5, 0.6) is 0 Å². The Hall–Kier alpha value is -1.80. The van der Waals surface area contributed by atoms with E-state index in [1.165, 1.54) is 0 Å². The van der Waals surface area contributed by atoms with E-state index < -0.39 is 40.8 Å². The molecule has 0 atom stereocenters. The second-order valence-electron chi connectivity index (χ2n) is 3.32. The van der Waals surface area contributed by atoms with Crippen molar-refractivity contribution in [3.05, 3.63) is 28.6 Å². The largest absolute Gasteiger partial charge is 0.478 e. The maximum Gasteiger partial charge on any atom is 0.433 e. The number of nitrogens with zero attached hydrogens (tertiary/aromatic N) is 1. The van der Waals surface area contributed by atoms with Crippen LogP contribution in [0.1, 0.15) is 27.3 Å². The number of hydrogen-bond donors (Lipinski definition) is 1. The van der Waals surface area contributed by atoms with Crippen LogP contribution in [0.15, 0.2) is 6.07 Å². The molecule has 0 spiro atoms. The minimum absolute atomic E-state index is 0.309. The number of halogens is 6. The molecule has 1 aromatic heterocycles. The van der Waals surface area contributed by atoms with E-state index in [0.29, 0.717) is 0 Å². The minimum atomic E-state index is -5.21. The molecule has 1 N–H and O–H groups in total. The molecule has 0 saturated heterocycles. The van der Waals surface area contributed by atoms with Crippen LogP contribution in [0, 0.1) is 6.92 Å². The number of alkyl halides is 6. The second-order valence-corrected chi connectivity index (χ2v) is 3.32. The number of hydrogen-bond acceptors (Lipinski definition) is 2. The SMILES string of the molecule is Cc1nc(C(F)(F)F)cc(C(F)(F)F)c1C(=O)O. The number of pyridine rings is 1. The van der Waals surface area contributed by atoms with Crippen LogP contribution in [0.3, 0.4) is 0 Å².